The van der Waals surface area contributed by atoms with Gasteiger partial charge in [0.15, 0.2) is 16.7 Å². The number of benzene rings is 1. The molecular formula is C16H15F2KN3O4S+. The largest absolute Gasteiger partial charge is 1.00 e. The Morgan fingerprint density at radius 3 is 2.67 bits per heavy atom. The van der Waals surface area contributed by atoms with E-state index in [1.807, 2.05) is 0 Å². The number of aromatic amines is 1. The van der Waals surface area contributed by atoms with E-state index in [1.54, 1.807) is 6.07 Å². The number of H-pyrrole nitrogens is 1. The fourth-order valence-electron chi connectivity index (χ4n) is 2.40. The van der Waals surface area contributed by atoms with Crippen molar-refractivity contribution in [2.75, 3.05) is 14.2 Å². The van der Waals surface area contributed by atoms with E-state index in [4.69, 9.17) is 9.47 Å². The van der Waals surface area contributed by atoms with Crippen molar-refractivity contribution in [3.8, 4) is 17.2 Å². The molecule has 0 saturated carbocycles. The molecule has 1 aromatic carbocycles. The Hall–Kier alpha value is -1.11. The molecule has 3 aromatic rings. The molecule has 2 aromatic heterocycles. The monoisotopic (exact) mass is 422 g/mol. The minimum atomic E-state index is -2.92. The number of halogens is 2. The molecule has 1 N–H and O–H groups in total. The molecule has 0 fully saturated rings. The third kappa shape index (κ3) is 5.24. The zero-order valence-corrected chi connectivity index (χ0v) is 18.8. The van der Waals surface area contributed by atoms with Crippen molar-refractivity contribution in [2.24, 2.45) is 0 Å². The van der Waals surface area contributed by atoms with Gasteiger partial charge in [0, 0.05) is 18.3 Å². The summed E-state index contributed by atoms with van der Waals surface area (Å²) in [7, 11) is 1.41. The Morgan fingerprint density at radius 1 is 1.22 bits per heavy atom. The normalized spacial score (nSPS) is 11.9. The first-order valence-electron chi connectivity index (χ1n) is 7.40. The number of fused-ring (bicyclic) bond motifs is 1. The average Bonchev–Trinajstić information content (AvgIpc) is 3.04. The fraction of sp³-hybridized carbons (Fsp3) is 0.250. The number of methoxy groups -OCH3 is 2. The molecule has 0 aliphatic carbocycles. The maximum Gasteiger partial charge on any atom is 1.00 e. The molecule has 2 heterocycles. The van der Waals surface area contributed by atoms with E-state index in [-0.39, 0.29) is 68.0 Å². The molecule has 0 radical (unpaired) electrons. The molecule has 0 bridgehead atoms. The van der Waals surface area contributed by atoms with Crippen LogP contribution < -0.4 is 65.6 Å². The van der Waals surface area contributed by atoms with E-state index in [1.165, 1.54) is 38.6 Å². The van der Waals surface area contributed by atoms with Gasteiger partial charge in [-0.15, -0.1) is 0 Å². The summed E-state index contributed by atoms with van der Waals surface area (Å²) < 4.78 is 52.1. The first kappa shape index (κ1) is 22.2. The zero-order valence-electron chi connectivity index (χ0n) is 14.9. The van der Waals surface area contributed by atoms with E-state index >= 15 is 0 Å². The number of hydrogen-bond acceptors (Lipinski definition) is 6. The molecule has 138 valence electrons. The van der Waals surface area contributed by atoms with Gasteiger partial charge in [0.25, 0.3) is 0 Å². The van der Waals surface area contributed by atoms with Crippen LogP contribution in [0.4, 0.5) is 8.78 Å². The second-order valence-corrected chi connectivity index (χ2v) is 6.45. The summed E-state index contributed by atoms with van der Waals surface area (Å²) in [6.45, 7) is -2.92. The number of aromatic nitrogens is 3. The van der Waals surface area contributed by atoms with E-state index in [0.29, 0.717) is 28.2 Å². The molecule has 0 aliphatic heterocycles. The number of ether oxygens (including phenoxy) is 3. The summed E-state index contributed by atoms with van der Waals surface area (Å²) in [6.07, 6.45) is 1.53. The number of hydrogen-bond donors (Lipinski definition) is 1. The summed E-state index contributed by atoms with van der Waals surface area (Å²) in [5.74, 6) is 0.908. The van der Waals surface area contributed by atoms with Crippen molar-refractivity contribution in [3.05, 3.63) is 36.2 Å². The van der Waals surface area contributed by atoms with Gasteiger partial charge in [-0.25, -0.2) is 4.98 Å². The number of nitrogens with zero attached hydrogens (tertiary/aromatic N) is 2. The summed E-state index contributed by atoms with van der Waals surface area (Å²) in [6, 6.07) is 5.89. The van der Waals surface area contributed by atoms with Gasteiger partial charge in [0.1, 0.15) is 5.75 Å². The Balaban J connectivity index is 0.00000261. The molecule has 7 nitrogen and oxygen atoms in total. The Labute approximate surface area is 198 Å². The predicted molar refractivity (Wildman–Crippen MR) is 90.2 cm³/mol. The van der Waals surface area contributed by atoms with Crippen LogP contribution in [0.25, 0.3) is 11.0 Å². The standard InChI is InChI=1S/C16H15F2N3O4S.K/c1-23-13-5-6-19-12(14(13)24-2)8-26(22)16-20-10-4-3-9(25-15(17)18)7-11(10)21-16;/h3-7,15H,8H2,1-2H3,(H,20,21);/q;+1. The molecule has 0 saturated heterocycles. The predicted octanol–water partition coefficient (Wildman–Crippen LogP) is -0.112. The van der Waals surface area contributed by atoms with Crippen LogP contribution in [0.3, 0.4) is 0 Å². The van der Waals surface area contributed by atoms with Gasteiger partial charge in [0.05, 0.1) is 47.5 Å². The minimum absolute atomic E-state index is 0. The number of alkyl halides is 2. The van der Waals surface area contributed by atoms with Crippen LogP contribution in [-0.4, -0.2) is 40.0 Å². The van der Waals surface area contributed by atoms with Crippen LogP contribution in [0.1, 0.15) is 5.69 Å². The van der Waals surface area contributed by atoms with Crippen LogP contribution in [-0.2, 0) is 16.6 Å². The summed E-state index contributed by atoms with van der Waals surface area (Å²) >= 11 is 0. The van der Waals surface area contributed by atoms with Crippen molar-refractivity contribution in [1.29, 1.82) is 0 Å². The van der Waals surface area contributed by atoms with Crippen molar-refractivity contribution < 1.29 is 78.6 Å². The summed E-state index contributed by atoms with van der Waals surface area (Å²) in [5.41, 5.74) is 1.38. The molecule has 1 atom stereocenters. The SMILES string of the molecule is COc1ccnc(CS(=O)c2nc3ccc(OC(F)F)cc3[nH]2)c1OC.[K+]. The van der Waals surface area contributed by atoms with E-state index in [2.05, 4.69) is 19.7 Å². The molecule has 11 heteroatoms. The smallest absolute Gasteiger partial charge is 0.493 e. The van der Waals surface area contributed by atoms with Crippen LogP contribution in [0.2, 0.25) is 0 Å². The molecule has 3 rings (SSSR count). The van der Waals surface area contributed by atoms with Gasteiger partial charge >= 0.3 is 58.0 Å². The van der Waals surface area contributed by atoms with Crippen molar-refractivity contribution in [3.63, 3.8) is 0 Å². The molecular weight excluding hydrogens is 407 g/mol. The Morgan fingerprint density at radius 2 is 2.00 bits per heavy atom. The number of pyridine rings is 1. The van der Waals surface area contributed by atoms with Gasteiger partial charge in [-0.2, -0.15) is 8.78 Å². The zero-order chi connectivity index (χ0) is 18.7. The first-order chi connectivity index (χ1) is 12.5. The maximum absolute atomic E-state index is 12.6. The summed E-state index contributed by atoms with van der Waals surface area (Å²) in [5, 5.41) is 0.195. The van der Waals surface area contributed by atoms with E-state index in [0.717, 1.165) is 0 Å². The first-order valence-corrected chi connectivity index (χ1v) is 8.72. The molecule has 0 aliphatic rings. The third-order valence-electron chi connectivity index (χ3n) is 3.51. The quantitative estimate of drug-likeness (QED) is 0.535. The van der Waals surface area contributed by atoms with E-state index in [9.17, 15) is 13.0 Å². The van der Waals surface area contributed by atoms with Gasteiger partial charge < -0.3 is 19.2 Å². The molecule has 1 unspecified atom stereocenters. The second kappa shape index (κ2) is 9.89. The minimum Gasteiger partial charge on any atom is -0.493 e. The molecule has 0 amide bonds. The molecule has 27 heavy (non-hydrogen) atoms. The van der Waals surface area contributed by atoms with Crippen molar-refractivity contribution in [2.45, 2.75) is 17.5 Å². The molecule has 0 spiro atoms. The number of nitrogens with one attached hydrogen (secondary N) is 1. The van der Waals surface area contributed by atoms with Crippen LogP contribution in [0.5, 0.6) is 17.2 Å². The third-order valence-corrected chi connectivity index (χ3v) is 4.67. The summed E-state index contributed by atoms with van der Waals surface area (Å²) in [4.78, 5) is 11.3. The number of rotatable bonds is 7. The van der Waals surface area contributed by atoms with E-state index < -0.39 is 17.4 Å². The van der Waals surface area contributed by atoms with Crippen LogP contribution in [0, 0.1) is 0 Å². The van der Waals surface area contributed by atoms with Gasteiger partial charge in [-0.05, 0) is 12.1 Å². The van der Waals surface area contributed by atoms with Crippen molar-refractivity contribution >= 4 is 21.8 Å². The topological polar surface area (TPSA) is 86.3 Å². The maximum atomic E-state index is 12.6. The average molecular weight is 422 g/mol. The fourth-order valence-corrected chi connectivity index (χ4v) is 3.41. The van der Waals surface area contributed by atoms with Crippen LogP contribution in [0.15, 0.2) is 35.6 Å². The Kier molecular flexibility index (Phi) is 8.13. The van der Waals surface area contributed by atoms with Gasteiger partial charge in [-0.1, -0.05) is 0 Å². The second-order valence-electron chi connectivity index (χ2n) is 5.08. The van der Waals surface area contributed by atoms with Crippen molar-refractivity contribution in [1.82, 2.24) is 15.0 Å². The van der Waals surface area contributed by atoms with Gasteiger partial charge in [0.2, 0.25) is 0 Å². The van der Waals surface area contributed by atoms with Gasteiger partial charge in [-0.3, -0.25) is 9.19 Å². The van der Waals surface area contributed by atoms with Crippen LogP contribution >= 0.6 is 0 Å². The Bertz CT molecular complexity index is 955. The number of imidazole rings is 1.